The lowest BCUT2D eigenvalue weighted by Crippen LogP contribution is -2.06. The summed E-state index contributed by atoms with van der Waals surface area (Å²) in [5.74, 6) is 0.0456. The number of fused-ring (bicyclic) bond motifs is 1. The van der Waals surface area contributed by atoms with Gasteiger partial charge >= 0.3 is 0 Å². The lowest BCUT2D eigenvalue weighted by Gasteiger charge is -2.05. The first-order valence-electron chi connectivity index (χ1n) is 6.22. The van der Waals surface area contributed by atoms with Crippen molar-refractivity contribution in [3.63, 3.8) is 0 Å². The van der Waals surface area contributed by atoms with E-state index in [0.717, 1.165) is 16.5 Å². The van der Waals surface area contributed by atoms with Crippen LogP contribution in [-0.4, -0.2) is 17.0 Å². The van der Waals surface area contributed by atoms with Crippen molar-refractivity contribution < 1.29 is 9.18 Å². The van der Waals surface area contributed by atoms with Gasteiger partial charge in [0.2, 0.25) is 0 Å². The predicted octanol–water partition coefficient (Wildman–Crippen LogP) is 3.77. The average molecular weight is 257 g/mol. The van der Waals surface area contributed by atoms with Crippen molar-refractivity contribution in [3.8, 4) is 0 Å². The van der Waals surface area contributed by atoms with Gasteiger partial charge in [-0.15, -0.1) is 0 Å². The molecule has 0 radical (unpaired) electrons. The summed E-state index contributed by atoms with van der Waals surface area (Å²) in [7, 11) is 0. The minimum absolute atomic E-state index is 0.0456. The van der Waals surface area contributed by atoms with Crippen molar-refractivity contribution in [2.75, 3.05) is 6.67 Å². The number of hydrogen-bond donors (Lipinski definition) is 0. The van der Waals surface area contributed by atoms with Gasteiger partial charge in [0.1, 0.15) is 6.67 Å². The number of carbonyl (C=O) groups excluding carboxylic acids is 1. The van der Waals surface area contributed by atoms with E-state index in [9.17, 15) is 9.18 Å². The van der Waals surface area contributed by atoms with E-state index >= 15 is 0 Å². The molecule has 0 atom stereocenters. The molecule has 1 aromatic carbocycles. The van der Waals surface area contributed by atoms with Crippen LogP contribution in [0.15, 0.2) is 48.7 Å². The molecule has 0 spiro atoms. The summed E-state index contributed by atoms with van der Waals surface area (Å²) in [6.45, 7) is 1.63. The fourth-order valence-corrected chi connectivity index (χ4v) is 2.14. The Morgan fingerprint density at radius 1 is 1.37 bits per heavy atom. The van der Waals surface area contributed by atoms with Crippen molar-refractivity contribution in [1.29, 1.82) is 0 Å². The summed E-state index contributed by atoms with van der Waals surface area (Å²) in [6.07, 6.45) is 8.40. The zero-order valence-electron chi connectivity index (χ0n) is 10.8. The molecule has 0 bridgehead atoms. The van der Waals surface area contributed by atoms with E-state index in [0.29, 0.717) is 6.54 Å². The van der Waals surface area contributed by atoms with Crippen molar-refractivity contribution >= 4 is 22.8 Å². The fraction of sp³-hybridized carbons (Fsp3) is 0.188. The van der Waals surface area contributed by atoms with Gasteiger partial charge in [-0.3, -0.25) is 4.79 Å². The van der Waals surface area contributed by atoms with E-state index in [4.69, 9.17) is 0 Å². The van der Waals surface area contributed by atoms with Gasteiger partial charge in [-0.25, -0.2) is 4.39 Å². The number of rotatable bonds is 5. The van der Waals surface area contributed by atoms with Crippen LogP contribution in [0.4, 0.5) is 4.39 Å². The first-order chi connectivity index (χ1) is 9.26. The number of hydrogen-bond acceptors (Lipinski definition) is 1. The van der Waals surface area contributed by atoms with Crippen LogP contribution in [-0.2, 0) is 11.3 Å². The van der Waals surface area contributed by atoms with Crippen LogP contribution < -0.4 is 0 Å². The van der Waals surface area contributed by atoms with E-state index < -0.39 is 6.67 Å². The molecule has 0 unspecified atom stereocenters. The zero-order chi connectivity index (χ0) is 13.7. The van der Waals surface area contributed by atoms with Gasteiger partial charge in [-0.2, -0.15) is 0 Å². The molecule has 0 aliphatic carbocycles. The average Bonchev–Trinajstić information content (AvgIpc) is 2.80. The molecule has 3 heteroatoms. The maximum absolute atomic E-state index is 12.3. The summed E-state index contributed by atoms with van der Waals surface area (Å²) in [5.41, 5.74) is 1.89. The predicted molar refractivity (Wildman–Crippen MR) is 76.8 cm³/mol. The number of carbonyl (C=O) groups is 1. The number of halogens is 1. The molecule has 2 aromatic rings. The van der Waals surface area contributed by atoms with E-state index in [2.05, 4.69) is 0 Å². The third-order valence-corrected chi connectivity index (χ3v) is 2.88. The molecule has 98 valence electrons. The molecular weight excluding hydrogens is 241 g/mol. The Balaban J connectivity index is 2.44. The van der Waals surface area contributed by atoms with Gasteiger partial charge in [-0.05, 0) is 24.6 Å². The van der Waals surface area contributed by atoms with Crippen LogP contribution in [0.2, 0.25) is 0 Å². The van der Waals surface area contributed by atoms with E-state index in [1.807, 2.05) is 42.0 Å². The van der Waals surface area contributed by atoms with Gasteiger partial charge in [0, 0.05) is 11.6 Å². The van der Waals surface area contributed by atoms with Gasteiger partial charge in [0.05, 0.1) is 12.1 Å². The highest BCUT2D eigenvalue weighted by Gasteiger charge is 2.06. The second-order valence-electron chi connectivity index (χ2n) is 4.25. The molecule has 0 aliphatic rings. The summed E-state index contributed by atoms with van der Waals surface area (Å²) in [4.78, 5) is 11.7. The second-order valence-corrected chi connectivity index (χ2v) is 4.25. The standard InChI is InChI=1S/C16H16FNO/c1-2-5-15(19)12-18-11-9-14-7-3-6-13(16(14)18)8-4-10-17/h2-9,11H,10,12H2,1H3. The molecule has 1 aromatic heterocycles. The number of allylic oxidation sites excluding steroid dienone is 3. The van der Waals surface area contributed by atoms with Gasteiger partial charge in [-0.1, -0.05) is 36.4 Å². The van der Waals surface area contributed by atoms with Crippen LogP contribution in [0, 0.1) is 0 Å². The SMILES string of the molecule is CC=CC(=O)Cn1ccc2cccc(C=CCF)c21. The quantitative estimate of drug-likeness (QED) is 0.747. The number of ketones is 1. The third kappa shape index (κ3) is 2.99. The Labute approximate surface area is 111 Å². The molecular formula is C16H16FNO. The monoisotopic (exact) mass is 257 g/mol. The largest absolute Gasteiger partial charge is 0.339 e. The Morgan fingerprint density at radius 3 is 2.95 bits per heavy atom. The summed E-state index contributed by atoms with van der Waals surface area (Å²) < 4.78 is 14.2. The van der Waals surface area contributed by atoms with Crippen LogP contribution in [0.25, 0.3) is 17.0 Å². The number of nitrogens with zero attached hydrogens (tertiary/aromatic N) is 1. The third-order valence-electron chi connectivity index (χ3n) is 2.88. The molecule has 0 N–H and O–H groups in total. The zero-order valence-corrected chi connectivity index (χ0v) is 10.8. The highest BCUT2D eigenvalue weighted by atomic mass is 19.1. The molecule has 19 heavy (non-hydrogen) atoms. The van der Waals surface area contributed by atoms with Crippen LogP contribution in [0.1, 0.15) is 12.5 Å². The highest BCUT2D eigenvalue weighted by Crippen LogP contribution is 2.21. The molecule has 0 saturated carbocycles. The van der Waals surface area contributed by atoms with E-state index in [-0.39, 0.29) is 5.78 Å². The van der Waals surface area contributed by atoms with Gasteiger partial charge in [0.15, 0.2) is 5.78 Å². The summed E-state index contributed by atoms with van der Waals surface area (Å²) in [6, 6.07) is 7.80. The normalized spacial score (nSPS) is 11.9. The summed E-state index contributed by atoms with van der Waals surface area (Å²) in [5, 5.41) is 1.05. The van der Waals surface area contributed by atoms with Crippen molar-refractivity contribution in [2.24, 2.45) is 0 Å². The maximum Gasteiger partial charge on any atom is 0.174 e. The first kappa shape index (κ1) is 13.3. The molecule has 1 heterocycles. The van der Waals surface area contributed by atoms with E-state index in [1.165, 1.54) is 6.08 Å². The molecule has 0 fully saturated rings. The topological polar surface area (TPSA) is 22.0 Å². The van der Waals surface area contributed by atoms with Crippen LogP contribution in [0.3, 0.4) is 0 Å². The second kappa shape index (κ2) is 6.14. The van der Waals surface area contributed by atoms with E-state index in [1.54, 1.807) is 18.2 Å². The first-order valence-corrected chi connectivity index (χ1v) is 6.22. The van der Waals surface area contributed by atoms with Gasteiger partial charge in [0.25, 0.3) is 0 Å². The Bertz CT molecular complexity index is 637. The molecule has 2 rings (SSSR count). The van der Waals surface area contributed by atoms with Crippen LogP contribution >= 0.6 is 0 Å². The van der Waals surface area contributed by atoms with Crippen molar-refractivity contribution in [1.82, 2.24) is 4.57 Å². The smallest absolute Gasteiger partial charge is 0.174 e. The maximum atomic E-state index is 12.3. The molecule has 0 saturated heterocycles. The lowest BCUT2D eigenvalue weighted by atomic mass is 10.1. The molecule has 0 amide bonds. The molecule has 2 nitrogen and oxygen atoms in total. The highest BCUT2D eigenvalue weighted by molar-refractivity contribution is 5.93. The number of aromatic nitrogens is 1. The summed E-state index contributed by atoms with van der Waals surface area (Å²) >= 11 is 0. The number of benzene rings is 1. The Hall–Kier alpha value is -2.16. The minimum Gasteiger partial charge on any atom is -0.339 e. The van der Waals surface area contributed by atoms with Crippen molar-refractivity contribution in [2.45, 2.75) is 13.5 Å². The van der Waals surface area contributed by atoms with Crippen molar-refractivity contribution in [3.05, 3.63) is 54.3 Å². The number of alkyl halides is 1. The lowest BCUT2D eigenvalue weighted by molar-refractivity contribution is -0.115. The Kier molecular flexibility index (Phi) is 4.29. The Morgan fingerprint density at radius 2 is 2.21 bits per heavy atom. The minimum atomic E-state index is -0.491. The fourth-order valence-electron chi connectivity index (χ4n) is 2.14. The van der Waals surface area contributed by atoms with Gasteiger partial charge < -0.3 is 4.57 Å². The molecule has 0 aliphatic heterocycles. The van der Waals surface area contributed by atoms with Crippen LogP contribution in [0.5, 0.6) is 0 Å². The number of para-hydroxylation sites is 1.